The van der Waals surface area contributed by atoms with Crippen molar-refractivity contribution in [2.75, 3.05) is 18.8 Å². The molecule has 7 heteroatoms. The van der Waals surface area contributed by atoms with Crippen LogP contribution in [-0.2, 0) is 9.84 Å². The van der Waals surface area contributed by atoms with E-state index in [0.717, 1.165) is 5.52 Å². The summed E-state index contributed by atoms with van der Waals surface area (Å²) in [4.78, 5) is 18.4. The van der Waals surface area contributed by atoms with Crippen molar-refractivity contribution in [1.29, 1.82) is 0 Å². The van der Waals surface area contributed by atoms with E-state index in [1.807, 2.05) is 22.7 Å². The molecule has 0 saturated carbocycles. The molecule has 1 aliphatic heterocycles. The van der Waals surface area contributed by atoms with Crippen LogP contribution in [0.2, 0.25) is 0 Å². The lowest BCUT2D eigenvalue weighted by molar-refractivity contribution is 0.0719. The highest BCUT2D eigenvalue weighted by Gasteiger charge is 2.31. The van der Waals surface area contributed by atoms with Gasteiger partial charge in [-0.1, -0.05) is 6.92 Å². The minimum Gasteiger partial charge on any atom is -0.337 e. The van der Waals surface area contributed by atoms with Crippen molar-refractivity contribution in [3.05, 3.63) is 36.4 Å². The molecule has 0 N–H and O–H groups in total. The van der Waals surface area contributed by atoms with Gasteiger partial charge in [-0.25, -0.2) is 13.4 Å². The summed E-state index contributed by atoms with van der Waals surface area (Å²) >= 11 is 0. The number of amides is 1. The molecule has 6 nitrogen and oxygen atoms in total. The van der Waals surface area contributed by atoms with Crippen LogP contribution in [0.3, 0.4) is 0 Å². The third kappa shape index (κ3) is 2.72. The van der Waals surface area contributed by atoms with Gasteiger partial charge in [0, 0.05) is 30.6 Å². The number of hydrogen-bond donors (Lipinski definition) is 0. The maximum atomic E-state index is 12.5. The summed E-state index contributed by atoms with van der Waals surface area (Å²) < 4.78 is 25.6. The van der Waals surface area contributed by atoms with Crippen molar-refractivity contribution < 1.29 is 13.2 Å². The lowest BCUT2D eigenvalue weighted by Gasteiger charge is -2.31. The number of carbonyl (C=O) groups is 1. The second-order valence-electron chi connectivity index (χ2n) is 5.56. The zero-order valence-corrected chi connectivity index (χ0v) is 13.3. The molecule has 1 aliphatic rings. The van der Waals surface area contributed by atoms with Crippen LogP contribution in [0.1, 0.15) is 30.3 Å². The van der Waals surface area contributed by atoms with Crippen LogP contribution in [0.5, 0.6) is 0 Å². The van der Waals surface area contributed by atoms with Gasteiger partial charge in [0.1, 0.15) is 5.69 Å². The van der Waals surface area contributed by atoms with E-state index in [1.165, 1.54) is 0 Å². The smallest absolute Gasteiger partial charge is 0.272 e. The van der Waals surface area contributed by atoms with E-state index in [4.69, 9.17) is 0 Å². The number of rotatable bonds is 3. The normalized spacial score (nSPS) is 17.0. The Bertz CT molecular complexity index is 789. The van der Waals surface area contributed by atoms with Crippen molar-refractivity contribution >= 4 is 21.3 Å². The number of hydrogen-bond acceptors (Lipinski definition) is 4. The summed E-state index contributed by atoms with van der Waals surface area (Å²) in [6.07, 6.45) is 4.51. The van der Waals surface area contributed by atoms with Gasteiger partial charge in [0.25, 0.3) is 5.91 Å². The fraction of sp³-hybridized carbons (Fsp3) is 0.467. The Labute approximate surface area is 129 Å². The fourth-order valence-corrected chi connectivity index (χ4v) is 4.27. The molecular weight excluding hydrogens is 302 g/mol. The van der Waals surface area contributed by atoms with Crippen molar-refractivity contribution in [2.24, 2.45) is 0 Å². The van der Waals surface area contributed by atoms with Gasteiger partial charge in [-0.15, -0.1) is 0 Å². The molecule has 22 heavy (non-hydrogen) atoms. The Kier molecular flexibility index (Phi) is 3.90. The fourth-order valence-electron chi connectivity index (χ4n) is 2.87. The van der Waals surface area contributed by atoms with Gasteiger partial charge in [0.05, 0.1) is 11.6 Å². The molecule has 0 spiro atoms. The summed E-state index contributed by atoms with van der Waals surface area (Å²) in [6, 6.07) is 5.57. The number of carbonyl (C=O) groups excluding carboxylic acids is 1. The SMILES string of the molecule is CCS(=O)(=O)C1CCN(C(=O)c2cc3cccn3cn2)CC1. The van der Waals surface area contributed by atoms with Crippen LogP contribution in [-0.4, -0.2) is 52.7 Å². The van der Waals surface area contributed by atoms with E-state index < -0.39 is 9.84 Å². The van der Waals surface area contributed by atoms with E-state index in [1.54, 1.807) is 24.2 Å². The molecule has 3 heterocycles. The van der Waals surface area contributed by atoms with E-state index >= 15 is 0 Å². The maximum absolute atomic E-state index is 12.5. The molecule has 2 aromatic rings. The standard InChI is InChI=1S/C15H19N3O3S/c1-2-22(20,21)13-5-8-17(9-6-13)15(19)14-10-12-4-3-7-18(12)11-16-14/h3-4,7,10-11,13H,2,5-6,8-9H2,1H3. The highest BCUT2D eigenvalue weighted by Crippen LogP contribution is 2.20. The Morgan fingerprint density at radius 2 is 2.09 bits per heavy atom. The van der Waals surface area contributed by atoms with Gasteiger partial charge in [0.15, 0.2) is 9.84 Å². The molecule has 0 bridgehead atoms. The summed E-state index contributed by atoms with van der Waals surface area (Å²) in [5.41, 5.74) is 1.32. The van der Waals surface area contributed by atoms with Crippen molar-refractivity contribution in [3.8, 4) is 0 Å². The molecule has 0 unspecified atom stereocenters. The van der Waals surface area contributed by atoms with Gasteiger partial charge in [-0.2, -0.15) is 0 Å². The van der Waals surface area contributed by atoms with Crippen LogP contribution in [0, 0.1) is 0 Å². The number of sulfone groups is 1. The average molecular weight is 321 g/mol. The first-order valence-electron chi connectivity index (χ1n) is 7.45. The average Bonchev–Trinajstić information content (AvgIpc) is 3.02. The molecule has 118 valence electrons. The van der Waals surface area contributed by atoms with Crippen LogP contribution < -0.4 is 0 Å². The van der Waals surface area contributed by atoms with Gasteiger partial charge in [0.2, 0.25) is 0 Å². The van der Waals surface area contributed by atoms with E-state index in [2.05, 4.69) is 4.98 Å². The number of piperidine rings is 1. The van der Waals surface area contributed by atoms with Gasteiger partial charge >= 0.3 is 0 Å². The molecule has 3 rings (SSSR count). The Morgan fingerprint density at radius 1 is 1.36 bits per heavy atom. The Morgan fingerprint density at radius 3 is 2.77 bits per heavy atom. The molecule has 0 aliphatic carbocycles. The molecule has 2 aromatic heterocycles. The van der Waals surface area contributed by atoms with E-state index in [0.29, 0.717) is 31.6 Å². The number of nitrogens with zero attached hydrogens (tertiary/aromatic N) is 3. The first-order valence-corrected chi connectivity index (χ1v) is 9.16. The second kappa shape index (κ2) is 5.72. The largest absolute Gasteiger partial charge is 0.337 e. The van der Waals surface area contributed by atoms with Crippen molar-refractivity contribution in [1.82, 2.24) is 14.3 Å². The molecular formula is C15H19N3O3S. The van der Waals surface area contributed by atoms with Crippen LogP contribution in [0.25, 0.3) is 5.52 Å². The number of fused-ring (bicyclic) bond motifs is 1. The quantitative estimate of drug-likeness (QED) is 0.856. The highest BCUT2D eigenvalue weighted by molar-refractivity contribution is 7.92. The van der Waals surface area contributed by atoms with E-state index in [-0.39, 0.29) is 16.9 Å². The molecule has 0 atom stereocenters. The van der Waals surface area contributed by atoms with Gasteiger partial charge in [-0.3, -0.25) is 4.79 Å². The monoisotopic (exact) mass is 321 g/mol. The summed E-state index contributed by atoms with van der Waals surface area (Å²) in [5, 5.41) is -0.317. The minimum atomic E-state index is -3.01. The predicted molar refractivity (Wildman–Crippen MR) is 83.6 cm³/mol. The van der Waals surface area contributed by atoms with Gasteiger partial charge in [-0.05, 0) is 31.0 Å². The topological polar surface area (TPSA) is 71.8 Å². The summed E-state index contributed by atoms with van der Waals surface area (Å²) in [6.45, 7) is 2.61. The Balaban J connectivity index is 1.71. The first kappa shape index (κ1) is 15.0. The zero-order valence-electron chi connectivity index (χ0n) is 12.5. The predicted octanol–water partition coefficient (Wildman–Crippen LogP) is 1.37. The number of likely N-dealkylation sites (tertiary alicyclic amines) is 1. The summed E-state index contributed by atoms with van der Waals surface area (Å²) in [5.74, 6) is 0.0361. The van der Waals surface area contributed by atoms with Crippen LogP contribution >= 0.6 is 0 Å². The highest BCUT2D eigenvalue weighted by atomic mass is 32.2. The molecule has 0 aromatic carbocycles. The molecule has 1 amide bonds. The lowest BCUT2D eigenvalue weighted by atomic mass is 10.1. The Hall–Kier alpha value is -1.89. The molecule has 0 radical (unpaired) electrons. The van der Waals surface area contributed by atoms with E-state index in [9.17, 15) is 13.2 Å². The second-order valence-corrected chi connectivity index (χ2v) is 8.13. The third-order valence-electron chi connectivity index (χ3n) is 4.28. The van der Waals surface area contributed by atoms with Crippen LogP contribution in [0.15, 0.2) is 30.7 Å². The lowest BCUT2D eigenvalue weighted by Crippen LogP contribution is -2.43. The zero-order chi connectivity index (χ0) is 15.7. The minimum absolute atomic E-state index is 0.129. The van der Waals surface area contributed by atoms with Crippen molar-refractivity contribution in [3.63, 3.8) is 0 Å². The molecule has 1 saturated heterocycles. The van der Waals surface area contributed by atoms with Crippen molar-refractivity contribution in [2.45, 2.75) is 25.0 Å². The van der Waals surface area contributed by atoms with Gasteiger partial charge < -0.3 is 9.30 Å². The third-order valence-corrected chi connectivity index (χ3v) is 6.57. The summed E-state index contributed by atoms with van der Waals surface area (Å²) in [7, 11) is -3.01. The number of aromatic nitrogens is 2. The van der Waals surface area contributed by atoms with Crippen LogP contribution in [0.4, 0.5) is 0 Å². The molecule has 1 fully saturated rings. The first-order chi connectivity index (χ1) is 10.5. The maximum Gasteiger partial charge on any atom is 0.272 e.